The number of rotatable bonds is 6. The van der Waals surface area contributed by atoms with Gasteiger partial charge in [-0.2, -0.15) is 0 Å². The fraction of sp³-hybridized carbons (Fsp3) is 0.231. The normalized spacial score (nSPS) is 12.9. The average Bonchev–Trinajstić information content (AvgIpc) is 2.74. The smallest absolute Gasteiger partial charge is 0.00270 e. The van der Waals surface area contributed by atoms with E-state index in [1.165, 1.54) is 16.7 Å². The maximum atomic E-state index is 2.35. The quantitative estimate of drug-likeness (QED) is 0.430. The Kier molecular flexibility index (Phi) is 8.42. The number of benzene rings is 3. The Balaban J connectivity index is 0.00000117. The van der Waals surface area contributed by atoms with Gasteiger partial charge < -0.3 is 0 Å². The Bertz CT molecular complexity index is 742. The minimum absolute atomic E-state index is 0.418. The third-order valence-electron chi connectivity index (χ3n) is 4.52. The second-order valence-electron chi connectivity index (χ2n) is 6.33. The molecule has 0 saturated carbocycles. The second-order valence-corrected chi connectivity index (χ2v) is 6.33. The summed E-state index contributed by atoms with van der Waals surface area (Å²) in [6, 6.07) is 32.2. The van der Waals surface area contributed by atoms with Gasteiger partial charge in [0.1, 0.15) is 0 Å². The zero-order valence-electron chi connectivity index (χ0n) is 16.2. The van der Waals surface area contributed by atoms with Crippen LogP contribution < -0.4 is 0 Å². The molecule has 0 aliphatic rings. The number of hydrogen-bond acceptors (Lipinski definition) is 0. The van der Waals surface area contributed by atoms with Crippen LogP contribution in [0.15, 0.2) is 97.1 Å². The first kappa shape index (κ1) is 19.7. The Morgan fingerprint density at radius 3 is 1.65 bits per heavy atom. The molecule has 3 aromatic rings. The molecule has 0 heteroatoms. The topological polar surface area (TPSA) is 0 Å². The van der Waals surface area contributed by atoms with Crippen LogP contribution in [0.3, 0.4) is 0 Å². The summed E-state index contributed by atoms with van der Waals surface area (Å²) in [4.78, 5) is 0. The van der Waals surface area contributed by atoms with Crippen molar-refractivity contribution in [2.45, 2.75) is 39.0 Å². The van der Waals surface area contributed by atoms with Crippen molar-refractivity contribution in [1.82, 2.24) is 0 Å². The van der Waals surface area contributed by atoms with Crippen LogP contribution in [0.2, 0.25) is 0 Å². The molecular formula is C26H30. The molecule has 3 aromatic carbocycles. The average molecular weight is 343 g/mol. The van der Waals surface area contributed by atoms with Crippen LogP contribution in [0.4, 0.5) is 0 Å². The summed E-state index contributed by atoms with van der Waals surface area (Å²) in [7, 11) is 0. The van der Waals surface area contributed by atoms with Crippen LogP contribution in [0.25, 0.3) is 6.08 Å². The summed E-state index contributed by atoms with van der Waals surface area (Å²) in [5.74, 6) is 0.943. The van der Waals surface area contributed by atoms with Crippen LogP contribution in [0.1, 0.15) is 55.7 Å². The van der Waals surface area contributed by atoms with E-state index >= 15 is 0 Å². The van der Waals surface area contributed by atoms with E-state index in [9.17, 15) is 0 Å². The second kappa shape index (κ2) is 11.1. The van der Waals surface area contributed by atoms with E-state index in [4.69, 9.17) is 0 Å². The molecule has 2 unspecified atom stereocenters. The molecule has 0 bridgehead atoms. The van der Waals surface area contributed by atoms with Gasteiger partial charge in [-0.25, -0.2) is 0 Å². The molecule has 3 rings (SSSR count). The molecule has 0 aromatic heterocycles. The van der Waals surface area contributed by atoms with E-state index in [1.807, 2.05) is 13.8 Å². The van der Waals surface area contributed by atoms with Gasteiger partial charge in [0.2, 0.25) is 0 Å². The monoisotopic (exact) mass is 342 g/mol. The number of hydrogen-bond donors (Lipinski definition) is 0. The molecule has 0 N–H and O–H groups in total. The lowest BCUT2D eigenvalue weighted by atomic mass is 9.85. The Labute approximate surface area is 159 Å². The lowest BCUT2D eigenvalue weighted by Gasteiger charge is -2.19. The Morgan fingerprint density at radius 2 is 1.12 bits per heavy atom. The lowest BCUT2D eigenvalue weighted by Crippen LogP contribution is -2.02. The zero-order chi connectivity index (χ0) is 18.6. The maximum absolute atomic E-state index is 2.35. The molecule has 0 nitrogen and oxygen atoms in total. The molecule has 0 spiro atoms. The predicted octanol–water partition coefficient (Wildman–Crippen LogP) is 7.70. The Morgan fingerprint density at radius 1 is 0.654 bits per heavy atom. The molecule has 0 saturated heterocycles. The van der Waals surface area contributed by atoms with E-state index in [1.54, 1.807) is 0 Å². The van der Waals surface area contributed by atoms with Crippen molar-refractivity contribution < 1.29 is 0 Å². The molecule has 0 amide bonds. The van der Waals surface area contributed by atoms with E-state index in [0.29, 0.717) is 11.8 Å². The molecule has 26 heavy (non-hydrogen) atoms. The van der Waals surface area contributed by atoms with Crippen molar-refractivity contribution in [3.63, 3.8) is 0 Å². The molecule has 0 heterocycles. The molecular weight excluding hydrogens is 312 g/mol. The standard InChI is InChI=1S/C24H24.C2H6/c1-20(22-13-7-3-8-14-22)19-24(23-15-9-4-10-16-23)18-17-21-11-5-2-6-12-21;1-2/h2-18,20,24H,19H2,1H3;1-2H3/b18-17-;. The summed E-state index contributed by atoms with van der Waals surface area (Å²) in [6.07, 6.45) is 5.71. The van der Waals surface area contributed by atoms with E-state index in [2.05, 4.69) is 110 Å². The third-order valence-corrected chi connectivity index (χ3v) is 4.52. The van der Waals surface area contributed by atoms with Crippen LogP contribution in [-0.4, -0.2) is 0 Å². The highest BCUT2D eigenvalue weighted by molar-refractivity contribution is 5.50. The van der Waals surface area contributed by atoms with E-state index in [-0.39, 0.29) is 0 Å². The van der Waals surface area contributed by atoms with Crippen LogP contribution in [0, 0.1) is 0 Å². The first-order chi connectivity index (χ1) is 12.8. The minimum Gasteiger partial charge on any atom is -0.0764 e. The van der Waals surface area contributed by atoms with Crippen molar-refractivity contribution in [2.75, 3.05) is 0 Å². The van der Waals surface area contributed by atoms with Crippen molar-refractivity contribution in [3.8, 4) is 0 Å². The molecule has 134 valence electrons. The van der Waals surface area contributed by atoms with Crippen molar-refractivity contribution in [2.24, 2.45) is 0 Å². The van der Waals surface area contributed by atoms with Crippen LogP contribution in [-0.2, 0) is 0 Å². The fourth-order valence-electron chi connectivity index (χ4n) is 3.12. The highest BCUT2D eigenvalue weighted by atomic mass is 14.2. The first-order valence-corrected chi connectivity index (χ1v) is 9.66. The predicted molar refractivity (Wildman–Crippen MR) is 115 cm³/mol. The largest absolute Gasteiger partial charge is 0.0764 e. The summed E-state index contributed by atoms with van der Waals surface area (Å²) in [5.41, 5.74) is 4.05. The fourth-order valence-corrected chi connectivity index (χ4v) is 3.12. The van der Waals surface area contributed by atoms with Gasteiger partial charge in [-0.3, -0.25) is 0 Å². The van der Waals surface area contributed by atoms with Gasteiger partial charge in [0.05, 0.1) is 0 Å². The van der Waals surface area contributed by atoms with E-state index < -0.39 is 0 Å². The van der Waals surface area contributed by atoms with Gasteiger partial charge in [0.25, 0.3) is 0 Å². The summed E-state index contributed by atoms with van der Waals surface area (Å²) in [6.45, 7) is 6.32. The first-order valence-electron chi connectivity index (χ1n) is 9.66. The van der Waals surface area contributed by atoms with E-state index in [0.717, 1.165) is 6.42 Å². The Hall–Kier alpha value is -2.60. The van der Waals surface area contributed by atoms with Crippen molar-refractivity contribution >= 4 is 6.08 Å². The SMILES string of the molecule is CC.CC(CC(/C=C\c1ccccc1)c1ccccc1)c1ccccc1. The van der Waals surface area contributed by atoms with Gasteiger partial charge in [-0.15, -0.1) is 0 Å². The summed E-state index contributed by atoms with van der Waals surface area (Å²) >= 11 is 0. The zero-order valence-corrected chi connectivity index (χ0v) is 16.2. The highest BCUT2D eigenvalue weighted by Gasteiger charge is 2.14. The molecule has 0 fully saturated rings. The van der Waals surface area contributed by atoms with Gasteiger partial charge in [-0.1, -0.05) is 124 Å². The van der Waals surface area contributed by atoms with Gasteiger partial charge >= 0.3 is 0 Å². The highest BCUT2D eigenvalue weighted by Crippen LogP contribution is 2.31. The summed E-state index contributed by atoms with van der Waals surface area (Å²) < 4.78 is 0. The molecule has 0 aliphatic heterocycles. The van der Waals surface area contributed by atoms with Gasteiger partial charge in [-0.05, 0) is 29.0 Å². The van der Waals surface area contributed by atoms with Crippen molar-refractivity contribution in [3.05, 3.63) is 114 Å². The maximum Gasteiger partial charge on any atom is 0.00270 e. The minimum atomic E-state index is 0.418. The van der Waals surface area contributed by atoms with Crippen LogP contribution >= 0.6 is 0 Å². The molecule has 0 aliphatic carbocycles. The number of allylic oxidation sites excluding steroid dienone is 1. The molecule has 0 radical (unpaired) electrons. The van der Waals surface area contributed by atoms with Crippen LogP contribution in [0.5, 0.6) is 0 Å². The summed E-state index contributed by atoms with van der Waals surface area (Å²) in [5, 5.41) is 0. The lowest BCUT2D eigenvalue weighted by molar-refractivity contribution is 0.630. The van der Waals surface area contributed by atoms with Gasteiger partial charge in [0.15, 0.2) is 0 Å². The van der Waals surface area contributed by atoms with Gasteiger partial charge in [0, 0.05) is 5.92 Å². The van der Waals surface area contributed by atoms with Crippen molar-refractivity contribution in [1.29, 1.82) is 0 Å². The molecule has 2 atom stereocenters. The third kappa shape index (κ3) is 6.04.